The van der Waals surface area contributed by atoms with Crippen LogP contribution in [0.5, 0.6) is 0 Å². The highest BCUT2D eigenvalue weighted by Gasteiger charge is 2.36. The average Bonchev–Trinajstić information content (AvgIpc) is 2.75. The molecule has 0 aromatic heterocycles. The molecule has 5 heteroatoms. The summed E-state index contributed by atoms with van der Waals surface area (Å²) in [6, 6.07) is -0.0116. The van der Waals surface area contributed by atoms with Crippen LogP contribution in [0.3, 0.4) is 0 Å². The number of amides is 1. The van der Waals surface area contributed by atoms with E-state index in [2.05, 4.69) is 17.1 Å². The summed E-state index contributed by atoms with van der Waals surface area (Å²) in [5.74, 6) is -0.151. The summed E-state index contributed by atoms with van der Waals surface area (Å²) in [6.07, 6.45) is 3.25. The fraction of sp³-hybridized carbons (Fsp3) is 0.909. The fourth-order valence-corrected chi connectivity index (χ4v) is 2.83. The molecule has 2 aliphatic heterocycles. The molecular weight excluding hydrogens is 226 g/mol. The van der Waals surface area contributed by atoms with E-state index in [0.717, 1.165) is 39.0 Å². The minimum Gasteiger partial charge on any atom is -0.368 e. The van der Waals surface area contributed by atoms with Crippen molar-refractivity contribution in [2.75, 3.05) is 26.2 Å². The molecule has 0 spiro atoms. The van der Waals surface area contributed by atoms with Crippen LogP contribution in [0.2, 0.25) is 0 Å². The van der Waals surface area contributed by atoms with E-state index in [1.54, 1.807) is 0 Å². The molecule has 2 unspecified atom stereocenters. The molecule has 0 saturated carbocycles. The van der Waals surface area contributed by atoms with Gasteiger partial charge in [-0.3, -0.25) is 9.69 Å². The molecule has 0 radical (unpaired) electrons. The van der Waals surface area contributed by atoms with Gasteiger partial charge in [-0.25, -0.2) is 0 Å². The third kappa shape index (κ3) is 2.87. The van der Waals surface area contributed by atoms with Gasteiger partial charge < -0.3 is 11.1 Å². The molecule has 2 rings (SSSR count). The Morgan fingerprint density at radius 1 is 1.62 bits per heavy atom. The third-order valence-electron chi connectivity index (χ3n) is 3.73. The number of hydrogen-bond acceptors (Lipinski definition) is 3. The normalized spacial score (nSPS) is 34.9. The molecule has 0 aromatic carbocycles. The molecule has 4 nitrogen and oxygen atoms in total. The quantitative estimate of drug-likeness (QED) is 0.757. The summed E-state index contributed by atoms with van der Waals surface area (Å²) < 4.78 is 0. The Hall–Kier alpha value is -0.320. The molecule has 2 saturated heterocycles. The second-order valence-electron chi connectivity index (χ2n) is 5.27. The van der Waals surface area contributed by atoms with Crippen molar-refractivity contribution >= 4 is 18.3 Å². The Bertz CT molecular complexity index is 254. The number of carbonyl (C=O) groups is 1. The number of likely N-dealkylation sites (tertiary alicyclic amines) is 1. The first-order chi connectivity index (χ1) is 7.11. The molecule has 0 bridgehead atoms. The molecule has 16 heavy (non-hydrogen) atoms. The van der Waals surface area contributed by atoms with E-state index in [1.807, 2.05) is 0 Å². The van der Waals surface area contributed by atoms with Crippen molar-refractivity contribution < 1.29 is 4.79 Å². The van der Waals surface area contributed by atoms with Gasteiger partial charge in [-0.2, -0.15) is 0 Å². The zero-order chi connectivity index (χ0) is 10.9. The largest absolute Gasteiger partial charge is 0.368 e. The van der Waals surface area contributed by atoms with Gasteiger partial charge in [0, 0.05) is 13.1 Å². The molecule has 1 amide bonds. The lowest BCUT2D eigenvalue weighted by atomic mass is 9.89. The monoisotopic (exact) mass is 247 g/mol. The van der Waals surface area contributed by atoms with Crippen molar-refractivity contribution in [1.82, 2.24) is 10.2 Å². The van der Waals surface area contributed by atoms with Crippen LogP contribution in [-0.2, 0) is 4.79 Å². The van der Waals surface area contributed by atoms with Crippen molar-refractivity contribution in [3.8, 4) is 0 Å². The number of primary amides is 1. The molecule has 94 valence electrons. The van der Waals surface area contributed by atoms with Crippen molar-refractivity contribution in [3.63, 3.8) is 0 Å². The van der Waals surface area contributed by atoms with E-state index in [0.29, 0.717) is 5.41 Å². The highest BCUT2D eigenvalue weighted by molar-refractivity contribution is 5.85. The van der Waals surface area contributed by atoms with E-state index in [-0.39, 0.29) is 24.4 Å². The Balaban J connectivity index is 0.00000128. The molecule has 2 atom stereocenters. The Kier molecular flexibility index (Phi) is 4.59. The molecule has 0 aromatic rings. The zero-order valence-electron chi connectivity index (χ0n) is 9.87. The standard InChI is InChI=1S/C11H21N3O.ClH/c1-11(4-5-13-7-11)8-14-6-2-3-9(14)10(12)15;/h9,13H,2-8H2,1H3,(H2,12,15);1H. The van der Waals surface area contributed by atoms with Gasteiger partial charge in [-0.15, -0.1) is 12.4 Å². The van der Waals surface area contributed by atoms with Crippen molar-refractivity contribution in [3.05, 3.63) is 0 Å². The Morgan fingerprint density at radius 3 is 2.94 bits per heavy atom. The smallest absolute Gasteiger partial charge is 0.234 e. The van der Waals surface area contributed by atoms with Gasteiger partial charge >= 0.3 is 0 Å². The predicted octanol–water partition coefficient (Wildman–Crippen LogP) is 0.358. The van der Waals surface area contributed by atoms with Crippen LogP contribution in [0, 0.1) is 5.41 Å². The van der Waals surface area contributed by atoms with Crippen molar-refractivity contribution in [2.45, 2.75) is 32.2 Å². The molecule has 2 aliphatic rings. The summed E-state index contributed by atoms with van der Waals surface area (Å²) in [5.41, 5.74) is 5.74. The van der Waals surface area contributed by atoms with Gasteiger partial charge in [-0.05, 0) is 37.8 Å². The fourth-order valence-electron chi connectivity index (χ4n) is 2.83. The molecule has 2 fully saturated rings. The van der Waals surface area contributed by atoms with Crippen LogP contribution in [-0.4, -0.2) is 43.0 Å². The minimum atomic E-state index is -0.151. The first-order valence-electron chi connectivity index (χ1n) is 5.85. The first kappa shape index (κ1) is 13.7. The summed E-state index contributed by atoms with van der Waals surface area (Å²) in [5, 5.41) is 3.39. The molecule has 2 heterocycles. The van der Waals surface area contributed by atoms with Gasteiger partial charge in [0.15, 0.2) is 0 Å². The van der Waals surface area contributed by atoms with Crippen molar-refractivity contribution in [1.29, 1.82) is 0 Å². The number of nitrogens with one attached hydrogen (secondary N) is 1. The first-order valence-corrected chi connectivity index (χ1v) is 5.85. The number of hydrogen-bond donors (Lipinski definition) is 2. The number of halogens is 1. The number of carbonyl (C=O) groups excluding carboxylic acids is 1. The van der Waals surface area contributed by atoms with Crippen molar-refractivity contribution in [2.24, 2.45) is 11.1 Å². The highest BCUT2D eigenvalue weighted by Crippen LogP contribution is 2.29. The maximum Gasteiger partial charge on any atom is 0.234 e. The highest BCUT2D eigenvalue weighted by atomic mass is 35.5. The lowest BCUT2D eigenvalue weighted by molar-refractivity contribution is -0.122. The van der Waals surface area contributed by atoms with E-state index in [1.165, 1.54) is 6.42 Å². The number of rotatable bonds is 3. The summed E-state index contributed by atoms with van der Waals surface area (Å²) >= 11 is 0. The molecule has 3 N–H and O–H groups in total. The Labute approximate surface area is 103 Å². The maximum absolute atomic E-state index is 11.3. The topological polar surface area (TPSA) is 58.4 Å². The van der Waals surface area contributed by atoms with Crippen LogP contribution >= 0.6 is 12.4 Å². The third-order valence-corrected chi connectivity index (χ3v) is 3.73. The number of nitrogens with zero attached hydrogens (tertiary/aromatic N) is 1. The van der Waals surface area contributed by atoms with E-state index >= 15 is 0 Å². The molecular formula is C11H22ClN3O. The Morgan fingerprint density at radius 2 is 2.38 bits per heavy atom. The lowest BCUT2D eigenvalue weighted by Crippen LogP contribution is -2.45. The SMILES string of the molecule is CC1(CN2CCCC2C(N)=O)CCNC1.Cl. The zero-order valence-corrected chi connectivity index (χ0v) is 10.7. The van der Waals surface area contributed by atoms with E-state index < -0.39 is 0 Å². The summed E-state index contributed by atoms with van der Waals surface area (Å²) in [4.78, 5) is 13.5. The summed E-state index contributed by atoms with van der Waals surface area (Å²) in [7, 11) is 0. The average molecular weight is 248 g/mol. The lowest BCUT2D eigenvalue weighted by Gasteiger charge is -2.31. The molecule has 0 aliphatic carbocycles. The van der Waals surface area contributed by atoms with E-state index in [9.17, 15) is 4.79 Å². The van der Waals surface area contributed by atoms with E-state index in [4.69, 9.17) is 5.73 Å². The van der Waals surface area contributed by atoms with Gasteiger partial charge in [0.25, 0.3) is 0 Å². The minimum absolute atomic E-state index is 0. The van der Waals surface area contributed by atoms with Crippen LogP contribution in [0.15, 0.2) is 0 Å². The second kappa shape index (κ2) is 5.34. The summed E-state index contributed by atoms with van der Waals surface area (Å²) in [6.45, 7) is 6.50. The predicted molar refractivity (Wildman–Crippen MR) is 66.6 cm³/mol. The van der Waals surface area contributed by atoms with Crippen LogP contribution in [0.25, 0.3) is 0 Å². The van der Waals surface area contributed by atoms with Gasteiger partial charge in [0.2, 0.25) is 5.91 Å². The van der Waals surface area contributed by atoms with Gasteiger partial charge in [0.05, 0.1) is 6.04 Å². The maximum atomic E-state index is 11.3. The number of nitrogens with two attached hydrogens (primary N) is 1. The van der Waals surface area contributed by atoms with Crippen LogP contribution in [0.1, 0.15) is 26.2 Å². The van der Waals surface area contributed by atoms with Crippen LogP contribution < -0.4 is 11.1 Å². The van der Waals surface area contributed by atoms with Gasteiger partial charge in [-0.1, -0.05) is 6.92 Å². The van der Waals surface area contributed by atoms with Crippen LogP contribution in [0.4, 0.5) is 0 Å². The second-order valence-corrected chi connectivity index (χ2v) is 5.27. The van der Waals surface area contributed by atoms with Gasteiger partial charge in [0.1, 0.15) is 0 Å².